The molecular formula is C30H29NOSSi. The first-order chi connectivity index (χ1) is 16.1. The van der Waals surface area contributed by atoms with Gasteiger partial charge in [-0.2, -0.15) is 0 Å². The van der Waals surface area contributed by atoms with Gasteiger partial charge in [-0.15, -0.1) is 11.3 Å². The highest BCUT2D eigenvalue weighted by Crippen LogP contribution is 2.46. The average Bonchev–Trinajstić information content (AvgIpc) is 3.36. The van der Waals surface area contributed by atoms with Crippen molar-refractivity contribution in [1.82, 2.24) is 4.98 Å². The predicted octanol–water partition coefficient (Wildman–Crippen LogP) is 8.86. The molecule has 0 N–H and O–H groups in total. The van der Waals surface area contributed by atoms with E-state index in [-0.39, 0.29) is 5.41 Å². The molecule has 0 spiro atoms. The van der Waals surface area contributed by atoms with Crippen molar-refractivity contribution in [1.29, 1.82) is 0 Å². The number of thiophene rings is 1. The van der Waals surface area contributed by atoms with E-state index in [0.29, 0.717) is 0 Å². The van der Waals surface area contributed by atoms with E-state index in [4.69, 9.17) is 9.40 Å². The third-order valence-electron chi connectivity index (χ3n) is 6.77. The van der Waals surface area contributed by atoms with Gasteiger partial charge in [0.1, 0.15) is 11.3 Å². The van der Waals surface area contributed by atoms with Crippen molar-refractivity contribution >= 4 is 66.6 Å². The molecule has 3 aromatic heterocycles. The molecule has 0 radical (unpaired) electrons. The van der Waals surface area contributed by atoms with Crippen LogP contribution in [0, 0.1) is 0 Å². The first-order valence-corrected chi connectivity index (χ1v) is 16.2. The van der Waals surface area contributed by atoms with E-state index < -0.39 is 8.07 Å². The van der Waals surface area contributed by atoms with Crippen LogP contribution in [0.2, 0.25) is 19.6 Å². The van der Waals surface area contributed by atoms with Gasteiger partial charge in [0.25, 0.3) is 0 Å². The first-order valence-electron chi connectivity index (χ1n) is 11.9. The van der Waals surface area contributed by atoms with Crippen molar-refractivity contribution in [3.05, 3.63) is 72.4 Å². The maximum absolute atomic E-state index is 6.47. The summed E-state index contributed by atoms with van der Waals surface area (Å²) < 4.78 is 9.00. The zero-order valence-electron chi connectivity index (χ0n) is 20.6. The minimum absolute atomic E-state index is 0.0206. The van der Waals surface area contributed by atoms with Gasteiger partial charge in [-0.25, -0.2) is 0 Å². The number of nitrogens with zero attached hydrogens (tertiary/aromatic N) is 1. The molecule has 6 rings (SSSR count). The highest BCUT2D eigenvalue weighted by Gasteiger charge is 2.25. The van der Waals surface area contributed by atoms with Crippen LogP contribution in [0.5, 0.6) is 0 Å². The smallest absolute Gasteiger partial charge is 0.136 e. The first kappa shape index (κ1) is 21.6. The van der Waals surface area contributed by atoms with E-state index in [2.05, 4.69) is 101 Å². The van der Waals surface area contributed by atoms with Crippen molar-refractivity contribution < 1.29 is 4.42 Å². The number of hydrogen-bond acceptors (Lipinski definition) is 3. The maximum atomic E-state index is 6.47. The fraction of sp³-hybridized carbons (Fsp3) is 0.233. The predicted molar refractivity (Wildman–Crippen MR) is 152 cm³/mol. The molecule has 0 aliphatic rings. The lowest BCUT2D eigenvalue weighted by atomic mass is 9.83. The van der Waals surface area contributed by atoms with Crippen LogP contribution in [0.3, 0.4) is 0 Å². The molecular weight excluding hydrogens is 450 g/mol. The molecule has 0 atom stereocenters. The summed E-state index contributed by atoms with van der Waals surface area (Å²) in [6.45, 7) is 14.0. The molecule has 0 aliphatic heterocycles. The second-order valence-electron chi connectivity index (χ2n) is 11.4. The number of hydrogen-bond donors (Lipinski definition) is 0. The minimum atomic E-state index is -1.40. The van der Waals surface area contributed by atoms with E-state index in [0.717, 1.165) is 27.8 Å². The summed E-state index contributed by atoms with van der Waals surface area (Å²) in [7, 11) is -1.40. The van der Waals surface area contributed by atoms with Gasteiger partial charge in [0.05, 0.1) is 18.3 Å². The zero-order chi connectivity index (χ0) is 23.8. The highest BCUT2D eigenvalue weighted by atomic mass is 32.1. The standard InChI is InChI=1S/C30H29NOSSi/c1-30(2,3)26-21-10-8-7-9-18(21)15-23-27-29(33-28(23)26)22(13-14-31-27)25-16-19-11-12-20(34(4,5)6)17-24(19)32-25/h7-17H,1-6H3. The Hall–Kier alpha value is -2.95. The maximum Gasteiger partial charge on any atom is 0.136 e. The average molecular weight is 480 g/mol. The Morgan fingerprint density at radius 1 is 0.824 bits per heavy atom. The summed E-state index contributed by atoms with van der Waals surface area (Å²) in [5, 5.41) is 6.42. The fourth-order valence-electron chi connectivity index (χ4n) is 5.02. The molecule has 34 heavy (non-hydrogen) atoms. The van der Waals surface area contributed by atoms with E-state index in [1.165, 1.54) is 36.3 Å². The molecule has 4 heteroatoms. The van der Waals surface area contributed by atoms with E-state index in [1.54, 1.807) is 0 Å². The summed E-state index contributed by atoms with van der Waals surface area (Å²) in [5.74, 6) is 0.920. The van der Waals surface area contributed by atoms with Crippen LogP contribution in [0.4, 0.5) is 0 Å². The molecule has 0 amide bonds. The summed E-state index contributed by atoms with van der Waals surface area (Å²) in [6.07, 6.45) is 1.93. The Balaban J connectivity index is 1.65. The quantitative estimate of drug-likeness (QED) is 0.232. The van der Waals surface area contributed by atoms with Crippen molar-refractivity contribution in [2.24, 2.45) is 0 Å². The molecule has 0 aliphatic carbocycles. The summed E-state index contributed by atoms with van der Waals surface area (Å²) >= 11 is 1.85. The third kappa shape index (κ3) is 3.31. The normalized spacial score (nSPS) is 13.0. The van der Waals surface area contributed by atoms with E-state index in [1.807, 2.05) is 17.5 Å². The third-order valence-corrected chi connectivity index (χ3v) is 10.1. The lowest BCUT2D eigenvalue weighted by Crippen LogP contribution is -2.37. The Labute approximate surface area is 205 Å². The molecule has 0 bridgehead atoms. The van der Waals surface area contributed by atoms with Crippen LogP contribution in [0.1, 0.15) is 26.3 Å². The number of aromatic nitrogens is 1. The molecule has 6 aromatic rings. The Kier molecular flexibility index (Phi) is 4.61. The molecule has 0 saturated heterocycles. The monoisotopic (exact) mass is 479 g/mol. The van der Waals surface area contributed by atoms with Crippen LogP contribution in [0.25, 0.3) is 53.4 Å². The van der Waals surface area contributed by atoms with Gasteiger partial charge in [-0.1, -0.05) is 82.0 Å². The minimum Gasteiger partial charge on any atom is -0.456 e. The number of pyridine rings is 1. The van der Waals surface area contributed by atoms with Crippen LogP contribution < -0.4 is 5.19 Å². The number of fused-ring (bicyclic) bond motifs is 5. The second-order valence-corrected chi connectivity index (χ2v) is 17.4. The largest absolute Gasteiger partial charge is 0.456 e. The van der Waals surface area contributed by atoms with Crippen LogP contribution in [0.15, 0.2) is 71.3 Å². The molecule has 3 aromatic carbocycles. The number of benzene rings is 3. The van der Waals surface area contributed by atoms with Gasteiger partial charge < -0.3 is 4.42 Å². The molecule has 0 saturated carbocycles. The second kappa shape index (κ2) is 7.27. The lowest BCUT2D eigenvalue weighted by Gasteiger charge is -2.22. The molecule has 3 heterocycles. The van der Waals surface area contributed by atoms with Gasteiger partial charge in [0.2, 0.25) is 0 Å². The lowest BCUT2D eigenvalue weighted by molar-refractivity contribution is 0.602. The van der Waals surface area contributed by atoms with Gasteiger partial charge in [-0.05, 0) is 46.0 Å². The van der Waals surface area contributed by atoms with E-state index >= 15 is 0 Å². The Morgan fingerprint density at radius 2 is 1.62 bits per heavy atom. The van der Waals surface area contributed by atoms with Gasteiger partial charge in [-0.3, -0.25) is 4.98 Å². The van der Waals surface area contributed by atoms with Gasteiger partial charge in [0.15, 0.2) is 0 Å². The zero-order valence-corrected chi connectivity index (χ0v) is 22.4. The van der Waals surface area contributed by atoms with Crippen LogP contribution in [-0.2, 0) is 5.41 Å². The van der Waals surface area contributed by atoms with Crippen molar-refractivity contribution in [3.8, 4) is 11.3 Å². The summed E-state index contributed by atoms with van der Waals surface area (Å²) in [5.41, 5.74) is 4.59. The van der Waals surface area contributed by atoms with Gasteiger partial charge >= 0.3 is 0 Å². The number of furan rings is 1. The molecule has 0 fully saturated rings. The van der Waals surface area contributed by atoms with Crippen LogP contribution >= 0.6 is 11.3 Å². The topological polar surface area (TPSA) is 26.0 Å². The van der Waals surface area contributed by atoms with Crippen LogP contribution in [-0.4, -0.2) is 13.1 Å². The Bertz CT molecular complexity index is 1730. The molecule has 170 valence electrons. The summed E-state index contributed by atoms with van der Waals surface area (Å²) in [4.78, 5) is 4.86. The van der Waals surface area contributed by atoms with Crippen molar-refractivity contribution in [2.75, 3.05) is 0 Å². The number of rotatable bonds is 2. The molecule has 0 unspecified atom stereocenters. The molecule has 2 nitrogen and oxygen atoms in total. The Morgan fingerprint density at radius 3 is 2.38 bits per heavy atom. The van der Waals surface area contributed by atoms with Gasteiger partial charge in [0, 0.05) is 27.2 Å². The van der Waals surface area contributed by atoms with Crippen molar-refractivity contribution in [3.63, 3.8) is 0 Å². The van der Waals surface area contributed by atoms with Crippen molar-refractivity contribution in [2.45, 2.75) is 45.8 Å². The SMILES string of the molecule is CC(C)(C)c1c2ccccc2cc2c1sc1c(-c3cc4ccc([Si](C)(C)C)cc4o3)ccnc12. The highest BCUT2D eigenvalue weighted by molar-refractivity contribution is 7.26. The summed E-state index contributed by atoms with van der Waals surface area (Å²) in [6, 6.07) is 22.1. The fourth-order valence-corrected chi connectivity index (χ4v) is 7.70. The van der Waals surface area contributed by atoms with E-state index in [9.17, 15) is 0 Å².